The summed E-state index contributed by atoms with van der Waals surface area (Å²) in [6, 6.07) is 17.7. The van der Waals surface area contributed by atoms with Gasteiger partial charge in [-0.2, -0.15) is 0 Å². The Bertz CT molecular complexity index is 1080. The van der Waals surface area contributed by atoms with Crippen LogP contribution >= 0.6 is 12.2 Å². The topological polar surface area (TPSA) is 69.9 Å². The Morgan fingerprint density at radius 1 is 1.00 bits per heavy atom. The molecule has 2 aromatic carbocycles. The Morgan fingerprint density at radius 2 is 1.73 bits per heavy atom. The third kappa shape index (κ3) is 2.95. The van der Waals surface area contributed by atoms with Gasteiger partial charge in [0.05, 0.1) is 12.7 Å². The van der Waals surface area contributed by atoms with Crippen molar-refractivity contribution in [1.82, 2.24) is 9.97 Å². The Morgan fingerprint density at radius 3 is 2.42 bits per heavy atom. The van der Waals surface area contributed by atoms with E-state index in [2.05, 4.69) is 21.4 Å². The minimum Gasteiger partial charge on any atom is -0.497 e. The molecule has 0 bridgehead atoms. The van der Waals surface area contributed by atoms with E-state index in [4.69, 9.17) is 17.0 Å². The summed E-state index contributed by atoms with van der Waals surface area (Å²) in [5, 5.41) is 3.31. The lowest BCUT2D eigenvalue weighted by atomic mass is 9.88. The first-order valence-electron chi connectivity index (χ1n) is 8.20. The summed E-state index contributed by atoms with van der Waals surface area (Å²) in [6.07, 6.45) is 2.06. The van der Waals surface area contributed by atoms with Crippen molar-refractivity contribution < 1.29 is 4.74 Å². The van der Waals surface area contributed by atoms with Crippen molar-refractivity contribution in [2.75, 3.05) is 12.4 Å². The van der Waals surface area contributed by atoms with Crippen LogP contribution in [0.25, 0.3) is 5.70 Å². The Balaban J connectivity index is 1.90. The normalized spacial score (nSPS) is 15.6. The molecule has 1 aliphatic heterocycles. The van der Waals surface area contributed by atoms with E-state index >= 15 is 0 Å². The zero-order valence-corrected chi connectivity index (χ0v) is 14.9. The molecule has 26 heavy (non-hydrogen) atoms. The van der Waals surface area contributed by atoms with Crippen molar-refractivity contribution in [3.63, 3.8) is 0 Å². The SMILES string of the molecule is COc1ccc(C2C=C(c3ccccc3)Nc3[nH]c(=S)[nH]c(=O)c32)cc1. The highest BCUT2D eigenvalue weighted by atomic mass is 32.1. The number of aromatic amines is 2. The summed E-state index contributed by atoms with van der Waals surface area (Å²) in [6.45, 7) is 0. The largest absolute Gasteiger partial charge is 0.497 e. The first-order chi connectivity index (χ1) is 12.7. The van der Waals surface area contributed by atoms with Gasteiger partial charge >= 0.3 is 0 Å². The summed E-state index contributed by atoms with van der Waals surface area (Å²) in [5.41, 5.74) is 3.38. The van der Waals surface area contributed by atoms with E-state index in [0.29, 0.717) is 16.2 Å². The number of allylic oxidation sites excluding steroid dienone is 1. The van der Waals surface area contributed by atoms with Gasteiger partial charge in [0, 0.05) is 11.6 Å². The molecule has 0 saturated carbocycles. The van der Waals surface area contributed by atoms with E-state index in [0.717, 1.165) is 22.6 Å². The molecule has 2 heterocycles. The van der Waals surface area contributed by atoms with E-state index in [1.807, 2.05) is 54.6 Å². The minimum absolute atomic E-state index is 0.194. The van der Waals surface area contributed by atoms with Gasteiger partial charge in [-0.05, 0) is 41.6 Å². The van der Waals surface area contributed by atoms with E-state index in [-0.39, 0.29) is 11.5 Å². The van der Waals surface area contributed by atoms with Crippen LogP contribution in [0.3, 0.4) is 0 Å². The Labute approximate surface area is 155 Å². The van der Waals surface area contributed by atoms with Gasteiger partial charge in [-0.25, -0.2) is 0 Å². The molecule has 1 unspecified atom stereocenters. The van der Waals surface area contributed by atoms with Crippen LogP contribution in [-0.4, -0.2) is 17.1 Å². The lowest BCUT2D eigenvalue weighted by Crippen LogP contribution is -2.24. The molecule has 130 valence electrons. The van der Waals surface area contributed by atoms with Crippen molar-refractivity contribution >= 4 is 23.7 Å². The number of anilines is 1. The second-order valence-electron chi connectivity index (χ2n) is 6.02. The highest BCUT2D eigenvalue weighted by Crippen LogP contribution is 2.36. The van der Waals surface area contributed by atoms with Crippen molar-refractivity contribution in [3.8, 4) is 5.75 Å². The van der Waals surface area contributed by atoms with E-state index in [1.165, 1.54) is 0 Å². The van der Waals surface area contributed by atoms with Crippen LogP contribution in [-0.2, 0) is 0 Å². The number of H-pyrrole nitrogens is 2. The van der Waals surface area contributed by atoms with Crippen LogP contribution in [0.5, 0.6) is 5.75 Å². The number of hydrogen-bond donors (Lipinski definition) is 3. The monoisotopic (exact) mass is 363 g/mol. The van der Waals surface area contributed by atoms with Crippen LogP contribution in [0.2, 0.25) is 0 Å². The molecule has 3 N–H and O–H groups in total. The number of aromatic nitrogens is 2. The molecule has 3 aromatic rings. The van der Waals surface area contributed by atoms with Crippen molar-refractivity contribution in [2.24, 2.45) is 0 Å². The average Bonchev–Trinajstić information content (AvgIpc) is 2.67. The molecule has 1 atom stereocenters. The Kier molecular flexibility index (Phi) is 4.18. The van der Waals surface area contributed by atoms with E-state index in [1.54, 1.807) is 7.11 Å². The maximum absolute atomic E-state index is 12.6. The summed E-state index contributed by atoms with van der Waals surface area (Å²) >= 11 is 5.14. The summed E-state index contributed by atoms with van der Waals surface area (Å²) < 4.78 is 5.54. The highest BCUT2D eigenvalue weighted by Gasteiger charge is 2.26. The third-order valence-corrected chi connectivity index (χ3v) is 4.65. The van der Waals surface area contributed by atoms with E-state index in [9.17, 15) is 4.79 Å². The predicted molar refractivity (Wildman–Crippen MR) is 105 cm³/mol. The van der Waals surface area contributed by atoms with Crippen molar-refractivity contribution in [1.29, 1.82) is 0 Å². The fourth-order valence-electron chi connectivity index (χ4n) is 3.18. The van der Waals surface area contributed by atoms with Crippen LogP contribution in [0.4, 0.5) is 5.82 Å². The van der Waals surface area contributed by atoms with Crippen molar-refractivity contribution in [2.45, 2.75) is 5.92 Å². The molecule has 1 aliphatic rings. The average molecular weight is 363 g/mol. The molecular formula is C20H17N3O2S. The second-order valence-corrected chi connectivity index (χ2v) is 6.43. The molecule has 0 radical (unpaired) electrons. The molecule has 0 aliphatic carbocycles. The lowest BCUT2D eigenvalue weighted by molar-refractivity contribution is 0.414. The molecule has 0 spiro atoms. The first-order valence-corrected chi connectivity index (χ1v) is 8.61. The zero-order valence-electron chi connectivity index (χ0n) is 14.1. The molecule has 0 amide bonds. The first kappa shape index (κ1) is 16.4. The minimum atomic E-state index is -0.206. The van der Waals surface area contributed by atoms with Crippen LogP contribution < -0.4 is 15.6 Å². The molecule has 0 fully saturated rings. The second kappa shape index (κ2) is 6.65. The van der Waals surface area contributed by atoms with Gasteiger partial charge in [0.15, 0.2) is 4.77 Å². The fourth-order valence-corrected chi connectivity index (χ4v) is 3.37. The van der Waals surface area contributed by atoms with Gasteiger partial charge in [-0.15, -0.1) is 0 Å². The van der Waals surface area contributed by atoms with Gasteiger partial charge in [-0.3, -0.25) is 9.78 Å². The quantitative estimate of drug-likeness (QED) is 0.614. The Hall–Kier alpha value is -3.12. The molecule has 5 nitrogen and oxygen atoms in total. The van der Waals surface area contributed by atoms with Crippen LogP contribution in [0.15, 0.2) is 65.5 Å². The molecular weight excluding hydrogens is 346 g/mol. The number of benzene rings is 2. The molecule has 0 saturated heterocycles. The summed E-state index contributed by atoms with van der Waals surface area (Å²) in [7, 11) is 1.63. The lowest BCUT2D eigenvalue weighted by Gasteiger charge is -2.25. The van der Waals surface area contributed by atoms with Gasteiger partial charge in [0.2, 0.25) is 0 Å². The number of fused-ring (bicyclic) bond motifs is 1. The number of hydrogen-bond acceptors (Lipinski definition) is 4. The standard InChI is InChI=1S/C20H17N3O2S/c1-25-14-9-7-12(8-10-14)15-11-16(13-5-3-2-4-6-13)21-18-17(15)19(24)23-20(26)22-18/h2-11,15H,1H3,(H3,21,22,23,24,26). The fraction of sp³-hybridized carbons (Fsp3) is 0.100. The van der Waals surface area contributed by atoms with Gasteiger partial charge in [0.1, 0.15) is 11.6 Å². The number of nitrogens with one attached hydrogen (secondary N) is 3. The predicted octanol–water partition coefficient (Wildman–Crippen LogP) is 4.04. The molecule has 6 heteroatoms. The smallest absolute Gasteiger partial charge is 0.257 e. The summed E-state index contributed by atoms with van der Waals surface area (Å²) in [4.78, 5) is 18.4. The van der Waals surface area contributed by atoms with Gasteiger partial charge < -0.3 is 15.0 Å². The van der Waals surface area contributed by atoms with E-state index < -0.39 is 0 Å². The van der Waals surface area contributed by atoms with Crippen LogP contribution in [0, 0.1) is 4.77 Å². The number of methoxy groups -OCH3 is 1. The number of rotatable bonds is 3. The van der Waals surface area contributed by atoms with Crippen molar-refractivity contribution in [3.05, 3.63) is 92.5 Å². The van der Waals surface area contributed by atoms with Gasteiger partial charge in [0.25, 0.3) is 5.56 Å². The molecule has 1 aromatic heterocycles. The highest BCUT2D eigenvalue weighted by molar-refractivity contribution is 7.71. The maximum Gasteiger partial charge on any atom is 0.257 e. The number of ether oxygens (including phenoxy) is 1. The van der Waals surface area contributed by atoms with Gasteiger partial charge in [-0.1, -0.05) is 42.5 Å². The summed E-state index contributed by atoms with van der Waals surface area (Å²) in [5.74, 6) is 1.19. The third-order valence-electron chi connectivity index (χ3n) is 4.44. The zero-order chi connectivity index (χ0) is 18.1. The maximum atomic E-state index is 12.6. The van der Waals surface area contributed by atoms with Crippen LogP contribution in [0.1, 0.15) is 22.6 Å². The molecule has 4 rings (SSSR count).